The third kappa shape index (κ3) is 4.88. The van der Waals surface area contributed by atoms with Gasteiger partial charge in [-0.3, -0.25) is 5.32 Å². The molecule has 1 aromatic heterocycles. The van der Waals surface area contributed by atoms with Crippen molar-refractivity contribution < 1.29 is 61.1 Å². The molecule has 1 aromatic carbocycles. The van der Waals surface area contributed by atoms with Crippen LogP contribution in [0, 0.1) is 0 Å². The molecule has 1 N–H and O–H groups in total. The van der Waals surface area contributed by atoms with Crippen molar-refractivity contribution in [2.45, 2.75) is 19.2 Å². The second-order valence-electron chi connectivity index (χ2n) is 6.00. The summed E-state index contributed by atoms with van der Waals surface area (Å²) in [5.41, 5.74) is 1.31. The van der Waals surface area contributed by atoms with Gasteiger partial charge in [-0.2, -0.15) is 9.35 Å². The van der Waals surface area contributed by atoms with Gasteiger partial charge in [0.05, 0.1) is 23.7 Å². The second-order valence-corrected chi connectivity index (χ2v) is 8.00. The number of amides is 3. The average Bonchev–Trinajstić information content (AvgIpc) is 3.15. The van der Waals surface area contributed by atoms with Gasteiger partial charge >= 0.3 is 41.7 Å². The number of anilines is 1. The first kappa shape index (κ1) is 22.0. The van der Waals surface area contributed by atoms with E-state index in [9.17, 15) is 22.6 Å². The summed E-state index contributed by atoms with van der Waals surface area (Å²) < 4.78 is 42.1. The van der Waals surface area contributed by atoms with Gasteiger partial charge in [-0.25, -0.2) is 23.0 Å². The van der Waals surface area contributed by atoms with Crippen molar-refractivity contribution in [2.75, 3.05) is 11.9 Å². The van der Waals surface area contributed by atoms with Gasteiger partial charge in [0, 0.05) is 0 Å². The molecule has 2 aliphatic rings. The Kier molecular flexibility index (Phi) is 6.48. The van der Waals surface area contributed by atoms with E-state index in [0.29, 0.717) is 15.6 Å². The SMILES string of the molecule is O=C(Nc1nc2c(s1)C1CN(C2)C(=O)N1OS(=O)(=O)[O-])OCc1ccccc1.[Na+]. The van der Waals surface area contributed by atoms with Gasteiger partial charge in [-0.15, -0.1) is 0 Å². The Morgan fingerprint density at radius 2 is 2.07 bits per heavy atom. The van der Waals surface area contributed by atoms with Crippen LogP contribution in [0.4, 0.5) is 14.7 Å². The standard InChI is InChI=1S/C15H14N4O7S2.Na/c20-14(25-8-9-4-2-1-3-5-9)17-13-16-10-6-18-7-11(12(10)27-13)19(15(18)21)26-28(22,23)24;/h1-5,11H,6-8H2,(H,16,17,20)(H,22,23,24);/q;+1/p-1. The van der Waals surface area contributed by atoms with Gasteiger partial charge in [0.1, 0.15) is 12.6 Å². The molecule has 3 heterocycles. The van der Waals surface area contributed by atoms with E-state index in [0.717, 1.165) is 16.9 Å². The molecule has 148 valence electrons. The Balaban J connectivity index is 0.00000240. The van der Waals surface area contributed by atoms with Crippen molar-refractivity contribution in [1.29, 1.82) is 0 Å². The van der Waals surface area contributed by atoms with E-state index in [1.165, 1.54) is 4.90 Å². The normalized spacial score (nSPS) is 17.6. The van der Waals surface area contributed by atoms with E-state index in [1.54, 1.807) is 0 Å². The molecule has 0 radical (unpaired) electrons. The van der Waals surface area contributed by atoms with Gasteiger partial charge in [-0.1, -0.05) is 41.7 Å². The number of hydroxylamine groups is 2. The molecule has 4 rings (SSSR count). The molecule has 1 fully saturated rings. The van der Waals surface area contributed by atoms with Crippen molar-refractivity contribution in [3.63, 3.8) is 0 Å². The number of aromatic nitrogens is 1. The first-order chi connectivity index (χ1) is 13.3. The molecule has 11 nitrogen and oxygen atoms in total. The minimum absolute atomic E-state index is 0. The Labute approximate surface area is 191 Å². The quantitative estimate of drug-likeness (QED) is 0.334. The Morgan fingerprint density at radius 3 is 2.76 bits per heavy atom. The van der Waals surface area contributed by atoms with E-state index >= 15 is 0 Å². The van der Waals surface area contributed by atoms with E-state index in [-0.39, 0.29) is 54.4 Å². The number of thiazole rings is 1. The Hall–Kier alpha value is -1.74. The van der Waals surface area contributed by atoms with Crippen LogP contribution in [0.15, 0.2) is 30.3 Å². The fraction of sp³-hybridized carbons (Fsp3) is 0.267. The van der Waals surface area contributed by atoms with Crippen LogP contribution >= 0.6 is 11.3 Å². The molecular formula is C15H13N4NaO7S2. The molecule has 0 aliphatic carbocycles. The minimum atomic E-state index is -5.10. The van der Waals surface area contributed by atoms with Crippen LogP contribution < -0.4 is 34.9 Å². The molecule has 3 amide bonds. The van der Waals surface area contributed by atoms with Crippen LogP contribution in [-0.2, 0) is 32.6 Å². The zero-order valence-electron chi connectivity index (χ0n) is 15.1. The van der Waals surface area contributed by atoms with Gasteiger partial charge in [0.25, 0.3) is 0 Å². The van der Waals surface area contributed by atoms with Crippen LogP contribution in [-0.4, -0.2) is 46.6 Å². The van der Waals surface area contributed by atoms with Gasteiger partial charge < -0.3 is 14.2 Å². The molecule has 2 bridgehead atoms. The van der Waals surface area contributed by atoms with E-state index < -0.39 is 28.6 Å². The molecular weight excluding hydrogens is 435 g/mol. The zero-order chi connectivity index (χ0) is 19.9. The van der Waals surface area contributed by atoms with E-state index in [4.69, 9.17) is 4.74 Å². The number of benzene rings is 1. The number of nitrogens with zero attached hydrogens (tertiary/aromatic N) is 3. The fourth-order valence-electron chi connectivity index (χ4n) is 2.96. The van der Waals surface area contributed by atoms with Crippen LogP contribution in [0.3, 0.4) is 0 Å². The molecule has 2 aliphatic heterocycles. The van der Waals surface area contributed by atoms with Crippen molar-refractivity contribution in [3.8, 4) is 0 Å². The van der Waals surface area contributed by atoms with Gasteiger partial charge in [0.2, 0.25) is 10.4 Å². The minimum Gasteiger partial charge on any atom is -0.724 e. The maximum atomic E-state index is 12.1. The smallest absolute Gasteiger partial charge is 0.724 e. The number of carbonyl (C=O) groups excluding carboxylic acids is 2. The first-order valence-electron chi connectivity index (χ1n) is 8.01. The summed E-state index contributed by atoms with van der Waals surface area (Å²) >= 11 is 1.06. The maximum Gasteiger partial charge on any atom is 1.00 e. The van der Waals surface area contributed by atoms with Crippen molar-refractivity contribution in [2.24, 2.45) is 0 Å². The third-order valence-electron chi connectivity index (χ3n) is 4.10. The number of hydrogen-bond acceptors (Lipinski definition) is 9. The number of fused-ring (bicyclic) bond motifs is 4. The van der Waals surface area contributed by atoms with Crippen LogP contribution in [0.2, 0.25) is 0 Å². The fourth-order valence-corrected chi connectivity index (χ4v) is 4.35. The number of hydrogen-bond donors (Lipinski definition) is 1. The summed E-state index contributed by atoms with van der Waals surface area (Å²) in [5, 5.41) is 3.27. The number of nitrogens with one attached hydrogen (secondary N) is 1. The largest absolute Gasteiger partial charge is 1.00 e. The predicted octanol–water partition coefficient (Wildman–Crippen LogP) is -1.42. The monoisotopic (exact) mass is 448 g/mol. The molecule has 1 atom stereocenters. The van der Waals surface area contributed by atoms with Crippen LogP contribution in [0.5, 0.6) is 0 Å². The first-order valence-corrected chi connectivity index (χ1v) is 10.2. The number of rotatable bonds is 5. The number of carbonyl (C=O) groups is 2. The zero-order valence-corrected chi connectivity index (χ0v) is 18.7. The summed E-state index contributed by atoms with van der Waals surface area (Å²) in [5.74, 6) is 0. The Morgan fingerprint density at radius 1 is 1.34 bits per heavy atom. The molecule has 1 saturated heterocycles. The van der Waals surface area contributed by atoms with Crippen LogP contribution in [0.25, 0.3) is 0 Å². The summed E-state index contributed by atoms with van der Waals surface area (Å²) in [6.45, 7) is 0.355. The molecule has 14 heteroatoms. The summed E-state index contributed by atoms with van der Waals surface area (Å²) in [6.07, 6.45) is -0.702. The summed E-state index contributed by atoms with van der Waals surface area (Å²) in [6, 6.07) is 7.61. The van der Waals surface area contributed by atoms with Gasteiger partial charge in [0.15, 0.2) is 5.13 Å². The molecule has 0 saturated carbocycles. The van der Waals surface area contributed by atoms with Crippen molar-refractivity contribution in [1.82, 2.24) is 14.9 Å². The molecule has 2 aromatic rings. The predicted molar refractivity (Wildman–Crippen MR) is 93.5 cm³/mol. The Bertz CT molecular complexity index is 1030. The molecule has 1 unspecified atom stereocenters. The van der Waals surface area contributed by atoms with E-state index in [1.807, 2.05) is 30.3 Å². The molecule has 29 heavy (non-hydrogen) atoms. The second kappa shape index (κ2) is 8.55. The van der Waals surface area contributed by atoms with Gasteiger partial charge in [-0.05, 0) is 5.56 Å². The van der Waals surface area contributed by atoms with Crippen LogP contribution in [0.1, 0.15) is 22.2 Å². The topological polar surface area (TPSA) is 141 Å². The number of ether oxygens (including phenoxy) is 1. The summed E-state index contributed by atoms with van der Waals surface area (Å²) in [4.78, 5) is 30.2. The van der Waals surface area contributed by atoms with E-state index in [2.05, 4.69) is 14.6 Å². The van der Waals surface area contributed by atoms with Crippen molar-refractivity contribution >= 4 is 39.0 Å². The third-order valence-corrected chi connectivity index (χ3v) is 5.56. The molecule has 0 spiro atoms. The van der Waals surface area contributed by atoms with Crippen molar-refractivity contribution in [3.05, 3.63) is 46.5 Å². The summed E-state index contributed by atoms with van der Waals surface area (Å²) in [7, 11) is -5.10. The number of urea groups is 1. The average molecular weight is 448 g/mol. The maximum absolute atomic E-state index is 12.1.